The van der Waals surface area contributed by atoms with Gasteiger partial charge in [-0.15, -0.1) is 0 Å². The van der Waals surface area contributed by atoms with E-state index in [1.807, 2.05) is 17.8 Å². The summed E-state index contributed by atoms with van der Waals surface area (Å²) in [7, 11) is 1.67. The smallest absolute Gasteiger partial charge is 0.137 e. The van der Waals surface area contributed by atoms with Gasteiger partial charge in [-0.3, -0.25) is 0 Å². The van der Waals surface area contributed by atoms with Crippen LogP contribution in [0.15, 0.2) is 18.2 Å². The highest BCUT2D eigenvalue weighted by molar-refractivity contribution is 8.06. The van der Waals surface area contributed by atoms with Gasteiger partial charge in [0.05, 0.1) is 12.1 Å². The van der Waals surface area contributed by atoms with Crippen molar-refractivity contribution in [2.45, 2.75) is 18.2 Å². The van der Waals surface area contributed by atoms with Crippen LogP contribution >= 0.6 is 35.1 Å². The molecule has 0 aromatic heterocycles. The van der Waals surface area contributed by atoms with Crippen molar-refractivity contribution in [3.63, 3.8) is 0 Å². The van der Waals surface area contributed by atoms with Crippen molar-refractivity contribution in [3.8, 4) is 5.75 Å². The minimum Gasteiger partial charge on any atom is -0.495 e. The number of nitrogens with one attached hydrogen (secondary N) is 1. The molecule has 1 aromatic rings. The molecule has 0 spiro atoms. The molecule has 1 aromatic carbocycles. The Balaban J connectivity index is 2.22. The molecule has 1 heterocycles. The van der Waals surface area contributed by atoms with Crippen LogP contribution in [0.3, 0.4) is 0 Å². The minimum atomic E-state index is 0.369. The average molecular weight is 318 g/mol. The van der Waals surface area contributed by atoms with Crippen LogP contribution in [0.4, 0.5) is 0 Å². The molecule has 2 rings (SSSR count). The van der Waals surface area contributed by atoms with E-state index in [0.29, 0.717) is 16.3 Å². The van der Waals surface area contributed by atoms with E-state index in [9.17, 15) is 0 Å². The molecule has 0 bridgehead atoms. The molecule has 2 atom stereocenters. The van der Waals surface area contributed by atoms with Crippen LogP contribution in [0.25, 0.3) is 0 Å². The van der Waals surface area contributed by atoms with Crippen LogP contribution in [0.1, 0.15) is 18.5 Å². The minimum absolute atomic E-state index is 0.369. The SMILES string of the molecule is CCNC(c1ccc(Cl)c(OC)c1)C1CSCCS1. The number of hydrogen-bond acceptors (Lipinski definition) is 4. The summed E-state index contributed by atoms with van der Waals surface area (Å²) in [5.74, 6) is 4.47. The Morgan fingerprint density at radius 1 is 1.47 bits per heavy atom. The van der Waals surface area contributed by atoms with Crippen molar-refractivity contribution in [2.24, 2.45) is 0 Å². The molecule has 0 aliphatic carbocycles. The van der Waals surface area contributed by atoms with Crippen LogP contribution in [0.5, 0.6) is 5.75 Å². The Kier molecular flexibility index (Phi) is 6.20. The lowest BCUT2D eigenvalue weighted by Crippen LogP contribution is -2.33. The first-order valence-corrected chi connectivity index (χ1v) is 9.10. The summed E-state index contributed by atoms with van der Waals surface area (Å²) in [6.07, 6.45) is 0. The normalized spacial score (nSPS) is 21.1. The predicted molar refractivity (Wildman–Crippen MR) is 88.0 cm³/mol. The molecule has 1 fully saturated rings. The Morgan fingerprint density at radius 2 is 2.32 bits per heavy atom. The number of rotatable bonds is 5. The zero-order chi connectivity index (χ0) is 13.7. The van der Waals surface area contributed by atoms with Crippen molar-refractivity contribution in [2.75, 3.05) is 30.9 Å². The summed E-state index contributed by atoms with van der Waals surface area (Å²) in [5, 5.41) is 4.90. The van der Waals surface area contributed by atoms with Crippen molar-refractivity contribution in [1.82, 2.24) is 5.32 Å². The first-order chi connectivity index (χ1) is 9.26. The van der Waals surface area contributed by atoms with E-state index in [0.717, 1.165) is 12.3 Å². The number of methoxy groups -OCH3 is 1. The second-order valence-corrected chi connectivity index (χ2v) is 7.32. The van der Waals surface area contributed by atoms with Crippen molar-refractivity contribution in [1.29, 1.82) is 0 Å². The summed E-state index contributed by atoms with van der Waals surface area (Å²) >= 11 is 10.2. The van der Waals surface area contributed by atoms with Gasteiger partial charge in [0.1, 0.15) is 5.75 Å². The van der Waals surface area contributed by atoms with E-state index in [-0.39, 0.29) is 0 Å². The maximum atomic E-state index is 6.11. The second kappa shape index (κ2) is 7.67. The van der Waals surface area contributed by atoms with Crippen LogP contribution in [-0.2, 0) is 0 Å². The lowest BCUT2D eigenvalue weighted by molar-refractivity contribution is 0.413. The standard InChI is InChI=1S/C14H20ClNOS2/c1-3-16-14(13-9-18-6-7-19-13)10-4-5-11(15)12(8-10)17-2/h4-5,8,13-14,16H,3,6-7,9H2,1-2H3. The van der Waals surface area contributed by atoms with E-state index in [4.69, 9.17) is 16.3 Å². The molecular formula is C14H20ClNOS2. The number of ether oxygens (including phenoxy) is 1. The third-order valence-corrected chi connectivity index (χ3v) is 6.35. The summed E-state index contributed by atoms with van der Waals surface area (Å²) in [6.45, 7) is 3.12. The Hall–Kier alpha value is -0.0300. The van der Waals surface area contributed by atoms with Crippen molar-refractivity contribution in [3.05, 3.63) is 28.8 Å². The largest absolute Gasteiger partial charge is 0.495 e. The van der Waals surface area contributed by atoms with Crippen LogP contribution in [0, 0.1) is 0 Å². The molecule has 106 valence electrons. The number of benzene rings is 1. The highest BCUT2D eigenvalue weighted by Gasteiger charge is 2.25. The van der Waals surface area contributed by atoms with Gasteiger partial charge in [0.15, 0.2) is 0 Å². The Bertz CT molecular complexity index is 410. The highest BCUT2D eigenvalue weighted by Crippen LogP contribution is 2.36. The molecule has 19 heavy (non-hydrogen) atoms. The monoisotopic (exact) mass is 317 g/mol. The van der Waals surface area contributed by atoms with Crippen LogP contribution in [-0.4, -0.2) is 36.2 Å². The maximum absolute atomic E-state index is 6.11. The van der Waals surface area contributed by atoms with Gasteiger partial charge in [0.2, 0.25) is 0 Å². The number of thioether (sulfide) groups is 2. The molecule has 0 radical (unpaired) electrons. The van der Waals surface area contributed by atoms with E-state index < -0.39 is 0 Å². The first-order valence-electron chi connectivity index (χ1n) is 6.52. The topological polar surface area (TPSA) is 21.3 Å². The van der Waals surface area contributed by atoms with Gasteiger partial charge in [-0.05, 0) is 24.2 Å². The molecule has 0 amide bonds. The lowest BCUT2D eigenvalue weighted by atomic mass is 10.0. The molecule has 5 heteroatoms. The van der Waals surface area contributed by atoms with Crippen molar-refractivity contribution < 1.29 is 4.74 Å². The Morgan fingerprint density at radius 3 is 2.95 bits per heavy atom. The fourth-order valence-corrected chi connectivity index (χ4v) is 5.32. The van der Waals surface area contributed by atoms with Gasteiger partial charge in [-0.2, -0.15) is 23.5 Å². The first kappa shape index (κ1) is 15.4. The van der Waals surface area contributed by atoms with Gasteiger partial charge < -0.3 is 10.1 Å². The predicted octanol–water partition coefficient (Wildman–Crippen LogP) is 3.85. The van der Waals surface area contributed by atoms with E-state index in [2.05, 4.69) is 36.1 Å². The number of hydrogen-bond donors (Lipinski definition) is 1. The molecule has 2 nitrogen and oxygen atoms in total. The van der Waals surface area contributed by atoms with Crippen LogP contribution in [0.2, 0.25) is 5.02 Å². The fourth-order valence-electron chi connectivity index (χ4n) is 2.25. The summed E-state index contributed by atoms with van der Waals surface area (Å²) in [4.78, 5) is 0. The molecule has 0 saturated carbocycles. The Labute approximate surface area is 129 Å². The van der Waals surface area contributed by atoms with Gasteiger partial charge in [0.25, 0.3) is 0 Å². The van der Waals surface area contributed by atoms with Crippen molar-refractivity contribution >= 4 is 35.1 Å². The summed E-state index contributed by atoms with van der Waals surface area (Å²) in [5.41, 5.74) is 1.27. The number of halogens is 1. The molecule has 1 N–H and O–H groups in total. The van der Waals surface area contributed by atoms with Gasteiger partial charge in [0, 0.05) is 28.6 Å². The van der Waals surface area contributed by atoms with Gasteiger partial charge >= 0.3 is 0 Å². The molecular weight excluding hydrogens is 298 g/mol. The zero-order valence-corrected chi connectivity index (χ0v) is 13.7. The van der Waals surface area contributed by atoms with E-state index in [1.54, 1.807) is 7.11 Å². The molecule has 2 unspecified atom stereocenters. The summed E-state index contributed by atoms with van der Waals surface area (Å²) in [6, 6.07) is 6.47. The zero-order valence-electron chi connectivity index (χ0n) is 11.3. The fraction of sp³-hybridized carbons (Fsp3) is 0.571. The molecule has 1 aliphatic heterocycles. The highest BCUT2D eigenvalue weighted by atomic mass is 35.5. The van der Waals surface area contributed by atoms with E-state index in [1.165, 1.54) is 22.8 Å². The lowest BCUT2D eigenvalue weighted by Gasteiger charge is -2.30. The van der Waals surface area contributed by atoms with E-state index >= 15 is 0 Å². The second-order valence-electron chi connectivity index (χ2n) is 4.41. The molecule has 1 saturated heterocycles. The molecule has 1 aliphatic rings. The van der Waals surface area contributed by atoms with Gasteiger partial charge in [-0.1, -0.05) is 24.6 Å². The summed E-state index contributed by atoms with van der Waals surface area (Å²) < 4.78 is 5.33. The average Bonchev–Trinajstić information content (AvgIpc) is 2.46. The third-order valence-electron chi connectivity index (χ3n) is 3.17. The van der Waals surface area contributed by atoms with Gasteiger partial charge in [-0.25, -0.2) is 0 Å². The van der Waals surface area contributed by atoms with Crippen LogP contribution < -0.4 is 10.1 Å². The quantitative estimate of drug-likeness (QED) is 0.890. The maximum Gasteiger partial charge on any atom is 0.137 e. The third kappa shape index (κ3) is 3.97.